The van der Waals surface area contributed by atoms with Gasteiger partial charge in [-0.2, -0.15) is 0 Å². The van der Waals surface area contributed by atoms with Crippen molar-refractivity contribution in [3.63, 3.8) is 0 Å². The van der Waals surface area contributed by atoms with Crippen LogP contribution in [0.15, 0.2) is 0 Å². The van der Waals surface area contributed by atoms with Crippen LogP contribution in [-0.2, 0) is 4.84 Å². The van der Waals surface area contributed by atoms with Crippen LogP contribution < -0.4 is 0 Å². The summed E-state index contributed by atoms with van der Waals surface area (Å²) >= 11 is 0. The molecule has 2 nitrogen and oxygen atoms in total. The van der Waals surface area contributed by atoms with Crippen LogP contribution in [0.25, 0.3) is 0 Å². The van der Waals surface area contributed by atoms with Crippen molar-refractivity contribution in [2.45, 2.75) is 46.1 Å². The fourth-order valence-electron chi connectivity index (χ4n) is 3.19. The molecule has 2 aliphatic heterocycles. The summed E-state index contributed by atoms with van der Waals surface area (Å²) < 4.78 is 0.998. The molecule has 0 aliphatic carbocycles. The Morgan fingerprint density at radius 3 is 2.25 bits per heavy atom. The van der Waals surface area contributed by atoms with Gasteiger partial charge in [0.1, 0.15) is 12.6 Å². The molecule has 0 amide bonds. The zero-order valence-electron chi connectivity index (χ0n) is 8.47. The lowest BCUT2D eigenvalue weighted by molar-refractivity contribution is -0.999. The Hall–Kier alpha value is -0.0800. The summed E-state index contributed by atoms with van der Waals surface area (Å²) in [6, 6.07) is 0.799. The van der Waals surface area contributed by atoms with Gasteiger partial charge in [-0.15, -0.1) is 9.48 Å². The number of nitrogens with zero attached hydrogens (tertiary/aromatic N) is 1. The van der Waals surface area contributed by atoms with Gasteiger partial charge >= 0.3 is 0 Å². The summed E-state index contributed by atoms with van der Waals surface area (Å²) in [5.74, 6) is 0. The van der Waals surface area contributed by atoms with E-state index in [2.05, 4.69) is 20.8 Å². The topological polar surface area (TPSA) is 12.5 Å². The van der Waals surface area contributed by atoms with Crippen LogP contribution in [0.5, 0.6) is 0 Å². The standard InChI is InChI=1S/C10H20NO/c1-4-9-10(5-2,6-3)7-11(9)8-12-11/h9H,4-8H2,1-3H3/q+1. The molecule has 2 unspecified atom stereocenters. The van der Waals surface area contributed by atoms with Gasteiger partial charge in [0.25, 0.3) is 6.73 Å². The molecule has 12 heavy (non-hydrogen) atoms. The van der Waals surface area contributed by atoms with Gasteiger partial charge in [0.2, 0.25) is 0 Å². The fourth-order valence-corrected chi connectivity index (χ4v) is 3.19. The summed E-state index contributed by atoms with van der Waals surface area (Å²) in [7, 11) is 0. The largest absolute Gasteiger partial charge is 0.265 e. The smallest absolute Gasteiger partial charge is 0.142 e. The van der Waals surface area contributed by atoms with Crippen molar-refractivity contribution in [2.75, 3.05) is 13.3 Å². The molecule has 0 aromatic carbocycles. The van der Waals surface area contributed by atoms with Gasteiger partial charge in [-0.1, -0.05) is 20.8 Å². The number of rotatable bonds is 3. The highest BCUT2D eigenvalue weighted by molar-refractivity contribution is 4.93. The van der Waals surface area contributed by atoms with Gasteiger partial charge in [-0.3, -0.25) is 0 Å². The highest BCUT2D eigenvalue weighted by Gasteiger charge is 2.71. The Morgan fingerprint density at radius 1 is 1.33 bits per heavy atom. The molecule has 2 aliphatic rings. The third-order valence-electron chi connectivity index (χ3n) is 4.11. The van der Waals surface area contributed by atoms with E-state index in [-0.39, 0.29) is 0 Å². The summed E-state index contributed by atoms with van der Waals surface area (Å²) in [5.41, 5.74) is 0.616. The average molecular weight is 170 g/mol. The van der Waals surface area contributed by atoms with E-state index >= 15 is 0 Å². The first kappa shape index (κ1) is 8.52. The van der Waals surface area contributed by atoms with E-state index in [0.29, 0.717) is 5.41 Å². The predicted molar refractivity (Wildman–Crippen MR) is 48.2 cm³/mol. The molecule has 0 saturated carbocycles. The molecule has 2 fully saturated rings. The van der Waals surface area contributed by atoms with Crippen LogP contribution in [0, 0.1) is 5.41 Å². The predicted octanol–water partition coefficient (Wildman–Crippen LogP) is 2.30. The Bertz CT molecular complexity index is 182. The molecule has 70 valence electrons. The van der Waals surface area contributed by atoms with Crippen molar-refractivity contribution in [1.29, 1.82) is 0 Å². The van der Waals surface area contributed by atoms with E-state index in [1.807, 2.05) is 0 Å². The molecule has 0 aromatic rings. The maximum Gasteiger partial charge on any atom is 0.265 e. The maximum atomic E-state index is 5.53. The SMILES string of the molecule is CCC1C(CC)(CC)C[N+]12CO2. The van der Waals surface area contributed by atoms with Crippen molar-refractivity contribution in [3.05, 3.63) is 0 Å². The second-order valence-corrected chi connectivity index (χ2v) is 4.36. The molecule has 0 N–H and O–H groups in total. The summed E-state index contributed by atoms with van der Waals surface area (Å²) in [5, 5.41) is 0. The van der Waals surface area contributed by atoms with Crippen molar-refractivity contribution in [2.24, 2.45) is 5.41 Å². The molecular formula is C10H20NO+. The van der Waals surface area contributed by atoms with E-state index in [9.17, 15) is 0 Å². The van der Waals surface area contributed by atoms with Gasteiger partial charge in [0.15, 0.2) is 0 Å². The second kappa shape index (κ2) is 2.46. The first-order valence-corrected chi connectivity index (χ1v) is 5.24. The first-order valence-electron chi connectivity index (χ1n) is 5.24. The van der Waals surface area contributed by atoms with Gasteiger partial charge in [-0.25, -0.2) is 0 Å². The average Bonchev–Trinajstić information content (AvgIpc) is 2.82. The Kier molecular flexibility index (Phi) is 1.74. The molecule has 2 rings (SSSR count). The van der Waals surface area contributed by atoms with E-state index in [0.717, 1.165) is 17.4 Å². The van der Waals surface area contributed by atoms with Crippen LogP contribution in [0.1, 0.15) is 40.0 Å². The van der Waals surface area contributed by atoms with Gasteiger partial charge in [0.05, 0.1) is 5.41 Å². The number of hydrogen-bond donors (Lipinski definition) is 0. The van der Waals surface area contributed by atoms with Crippen molar-refractivity contribution in [1.82, 2.24) is 0 Å². The molecule has 0 radical (unpaired) electrons. The Labute approximate surface area is 75.0 Å². The highest BCUT2D eigenvalue weighted by Crippen LogP contribution is 2.55. The van der Waals surface area contributed by atoms with E-state index < -0.39 is 0 Å². The van der Waals surface area contributed by atoms with Crippen molar-refractivity contribution in [3.8, 4) is 0 Å². The molecule has 1 spiro atoms. The lowest BCUT2D eigenvalue weighted by Crippen LogP contribution is -2.66. The summed E-state index contributed by atoms with van der Waals surface area (Å²) in [6.07, 6.45) is 3.93. The maximum absolute atomic E-state index is 5.53. The molecule has 0 aromatic heterocycles. The Balaban J connectivity index is 2.10. The second-order valence-electron chi connectivity index (χ2n) is 4.36. The molecular weight excluding hydrogens is 150 g/mol. The van der Waals surface area contributed by atoms with Crippen LogP contribution >= 0.6 is 0 Å². The van der Waals surface area contributed by atoms with Gasteiger partial charge in [-0.05, 0) is 12.8 Å². The van der Waals surface area contributed by atoms with Crippen LogP contribution in [0.2, 0.25) is 0 Å². The minimum Gasteiger partial charge on any atom is -0.142 e. The highest BCUT2D eigenvalue weighted by atomic mass is 16.9. The zero-order valence-corrected chi connectivity index (χ0v) is 8.47. The van der Waals surface area contributed by atoms with Gasteiger partial charge < -0.3 is 0 Å². The van der Waals surface area contributed by atoms with Crippen LogP contribution in [0.4, 0.5) is 0 Å². The molecule has 2 heterocycles. The minimum atomic E-state index is 0.616. The fraction of sp³-hybridized carbons (Fsp3) is 1.00. The van der Waals surface area contributed by atoms with E-state index in [1.165, 1.54) is 25.8 Å². The number of hydrogen-bond acceptors (Lipinski definition) is 1. The first-order chi connectivity index (χ1) is 5.73. The molecule has 2 atom stereocenters. The summed E-state index contributed by atoms with van der Waals surface area (Å²) in [6.45, 7) is 9.21. The number of hydroxylamine groups is 3. The minimum absolute atomic E-state index is 0.616. The van der Waals surface area contributed by atoms with Gasteiger partial charge in [0, 0.05) is 6.42 Å². The van der Waals surface area contributed by atoms with E-state index in [1.54, 1.807) is 0 Å². The number of quaternary nitrogens is 1. The molecule has 2 heteroatoms. The Morgan fingerprint density at radius 2 is 1.92 bits per heavy atom. The summed E-state index contributed by atoms with van der Waals surface area (Å²) in [4.78, 5) is 5.53. The third kappa shape index (κ3) is 0.826. The van der Waals surface area contributed by atoms with Crippen LogP contribution in [0.3, 0.4) is 0 Å². The molecule has 0 bridgehead atoms. The molecule has 2 saturated heterocycles. The quantitative estimate of drug-likeness (QED) is 0.468. The van der Waals surface area contributed by atoms with E-state index in [4.69, 9.17) is 4.84 Å². The van der Waals surface area contributed by atoms with Crippen LogP contribution in [-0.4, -0.2) is 24.0 Å². The zero-order chi connectivity index (χ0) is 8.82. The monoisotopic (exact) mass is 170 g/mol. The lowest BCUT2D eigenvalue weighted by atomic mass is 9.67. The van der Waals surface area contributed by atoms with Crippen molar-refractivity contribution < 1.29 is 9.48 Å². The third-order valence-corrected chi connectivity index (χ3v) is 4.11. The van der Waals surface area contributed by atoms with Crippen molar-refractivity contribution >= 4 is 0 Å². The lowest BCUT2D eigenvalue weighted by Gasteiger charge is -2.50. The normalized spacial score (nSPS) is 42.8.